The molecule has 0 spiro atoms. The topological polar surface area (TPSA) is 104 Å². The van der Waals surface area contributed by atoms with Crippen LogP contribution in [-0.2, 0) is 33.6 Å². The van der Waals surface area contributed by atoms with Gasteiger partial charge in [-0.2, -0.15) is 0 Å². The molecule has 2 heterocycles. The van der Waals surface area contributed by atoms with Gasteiger partial charge in [0.25, 0.3) is 0 Å². The summed E-state index contributed by atoms with van der Waals surface area (Å²) in [6, 6.07) is 9.38. The maximum absolute atomic E-state index is 13.1. The third kappa shape index (κ3) is 9.00. The maximum atomic E-state index is 13.1. The third-order valence-corrected chi connectivity index (χ3v) is 7.91. The molecule has 1 aliphatic heterocycles. The molecule has 39 heavy (non-hydrogen) atoms. The number of pyridine rings is 1. The van der Waals surface area contributed by atoms with Crippen LogP contribution in [0.1, 0.15) is 55.3 Å². The highest BCUT2D eigenvalue weighted by molar-refractivity contribution is 5.83. The van der Waals surface area contributed by atoms with Crippen LogP contribution in [0, 0.1) is 11.2 Å². The Morgan fingerprint density at radius 1 is 1.18 bits per heavy atom. The number of aryl methyl sites for hydroxylation is 3. The summed E-state index contributed by atoms with van der Waals surface area (Å²) < 4.78 is 18.4. The standard InChI is InChI=1S/C30H41FN4O4/c1-39-20-19-35(18-13-26(29(37)38)34-27(36)11-6-22-4-8-24(31)9-5-22)21-30(15-16-30)14-12-25-10-7-23-3-2-17-32-28(23)33-25/h4-5,7-10,26H,2-3,6,11-21H2,1H3,(H,32,33)(H,34,36)(H,37,38). The van der Waals surface area contributed by atoms with Crippen LogP contribution < -0.4 is 10.6 Å². The quantitative estimate of drug-likeness (QED) is 0.297. The Morgan fingerprint density at radius 2 is 1.97 bits per heavy atom. The van der Waals surface area contributed by atoms with Crippen LogP contribution in [0.5, 0.6) is 0 Å². The lowest BCUT2D eigenvalue weighted by Gasteiger charge is -2.28. The van der Waals surface area contributed by atoms with Crippen molar-refractivity contribution in [3.8, 4) is 0 Å². The molecule has 1 aromatic heterocycles. The predicted octanol–water partition coefficient (Wildman–Crippen LogP) is 3.83. The predicted molar refractivity (Wildman–Crippen MR) is 148 cm³/mol. The number of benzene rings is 1. The zero-order valence-electron chi connectivity index (χ0n) is 22.9. The molecule has 0 saturated heterocycles. The fraction of sp³-hybridized carbons (Fsp3) is 0.567. The van der Waals surface area contributed by atoms with Gasteiger partial charge in [-0.05, 0) is 86.1 Å². The highest BCUT2D eigenvalue weighted by atomic mass is 19.1. The van der Waals surface area contributed by atoms with Crippen molar-refractivity contribution in [2.45, 2.75) is 63.8 Å². The number of aromatic nitrogens is 1. The van der Waals surface area contributed by atoms with Crippen molar-refractivity contribution >= 4 is 17.7 Å². The highest BCUT2D eigenvalue weighted by Gasteiger charge is 2.43. The molecule has 2 aliphatic rings. The first-order chi connectivity index (χ1) is 18.9. The number of nitrogens with zero attached hydrogens (tertiary/aromatic N) is 2. The number of carbonyl (C=O) groups is 2. The smallest absolute Gasteiger partial charge is 0.326 e. The van der Waals surface area contributed by atoms with E-state index in [2.05, 4.69) is 27.7 Å². The zero-order chi connectivity index (χ0) is 27.7. The molecule has 4 rings (SSSR count). The van der Waals surface area contributed by atoms with E-state index in [0.29, 0.717) is 32.5 Å². The van der Waals surface area contributed by atoms with Gasteiger partial charge in [0.05, 0.1) is 6.61 Å². The minimum absolute atomic E-state index is 0.151. The van der Waals surface area contributed by atoms with Crippen LogP contribution in [0.25, 0.3) is 0 Å². The number of methoxy groups -OCH3 is 1. The van der Waals surface area contributed by atoms with E-state index in [1.54, 1.807) is 19.2 Å². The van der Waals surface area contributed by atoms with Crippen molar-refractivity contribution in [3.05, 3.63) is 59.0 Å². The summed E-state index contributed by atoms with van der Waals surface area (Å²) in [6.45, 7) is 3.69. The second kappa shape index (κ2) is 13.8. The first kappa shape index (κ1) is 29.0. The first-order valence-electron chi connectivity index (χ1n) is 14.1. The lowest BCUT2D eigenvalue weighted by molar-refractivity contribution is -0.142. The first-order valence-corrected chi connectivity index (χ1v) is 14.1. The van der Waals surface area contributed by atoms with E-state index in [1.807, 2.05) is 0 Å². The van der Waals surface area contributed by atoms with Gasteiger partial charge in [0.2, 0.25) is 5.91 Å². The van der Waals surface area contributed by atoms with Gasteiger partial charge in [-0.1, -0.05) is 18.2 Å². The van der Waals surface area contributed by atoms with Gasteiger partial charge in [-0.25, -0.2) is 14.2 Å². The third-order valence-electron chi connectivity index (χ3n) is 7.91. The Morgan fingerprint density at radius 3 is 2.69 bits per heavy atom. The van der Waals surface area contributed by atoms with E-state index >= 15 is 0 Å². The largest absolute Gasteiger partial charge is 0.480 e. The maximum Gasteiger partial charge on any atom is 0.326 e. The molecule has 1 aliphatic carbocycles. The number of ether oxygens (including phenoxy) is 1. The number of carboxylic acids is 1. The van der Waals surface area contributed by atoms with E-state index in [0.717, 1.165) is 68.7 Å². The monoisotopic (exact) mass is 540 g/mol. The van der Waals surface area contributed by atoms with Crippen molar-refractivity contribution in [3.63, 3.8) is 0 Å². The van der Waals surface area contributed by atoms with Crippen LogP contribution in [-0.4, -0.2) is 72.8 Å². The second-order valence-corrected chi connectivity index (χ2v) is 11.0. The van der Waals surface area contributed by atoms with Gasteiger partial charge < -0.3 is 25.4 Å². The summed E-state index contributed by atoms with van der Waals surface area (Å²) in [7, 11) is 1.67. The van der Waals surface area contributed by atoms with Gasteiger partial charge in [0, 0.05) is 45.4 Å². The van der Waals surface area contributed by atoms with Crippen molar-refractivity contribution in [2.75, 3.05) is 45.2 Å². The lowest BCUT2D eigenvalue weighted by atomic mass is 9.97. The Balaban J connectivity index is 1.27. The van der Waals surface area contributed by atoms with E-state index in [4.69, 9.17) is 9.72 Å². The second-order valence-electron chi connectivity index (χ2n) is 11.0. The van der Waals surface area contributed by atoms with Crippen molar-refractivity contribution in [1.29, 1.82) is 0 Å². The Bertz CT molecular complexity index is 1110. The van der Waals surface area contributed by atoms with Gasteiger partial charge >= 0.3 is 5.97 Å². The average molecular weight is 541 g/mol. The number of amides is 1. The van der Waals surface area contributed by atoms with Crippen LogP contribution in [0.15, 0.2) is 36.4 Å². The SMILES string of the molecule is COCCN(CCC(NC(=O)CCc1ccc(F)cc1)C(=O)O)CC1(CCc2ccc3c(n2)NCCC3)CC1. The highest BCUT2D eigenvalue weighted by Crippen LogP contribution is 2.50. The number of carbonyl (C=O) groups excluding carboxylic acids is 1. The molecule has 1 unspecified atom stereocenters. The molecule has 212 valence electrons. The Labute approximate surface area is 230 Å². The molecule has 1 fully saturated rings. The number of fused-ring (bicyclic) bond motifs is 1. The molecular formula is C30H41FN4O4. The molecule has 1 amide bonds. The zero-order valence-corrected chi connectivity index (χ0v) is 22.9. The number of nitrogens with one attached hydrogen (secondary N) is 2. The normalized spacial score (nSPS) is 16.3. The number of carboxylic acid groups (broad SMARTS) is 1. The molecule has 1 atom stereocenters. The van der Waals surface area contributed by atoms with Gasteiger partial charge in [-0.3, -0.25) is 4.79 Å². The van der Waals surface area contributed by atoms with Crippen molar-refractivity contribution in [1.82, 2.24) is 15.2 Å². The Kier molecular flexibility index (Phi) is 10.3. The summed E-state index contributed by atoms with van der Waals surface area (Å²) >= 11 is 0. The minimum Gasteiger partial charge on any atom is -0.480 e. The van der Waals surface area contributed by atoms with Crippen LogP contribution in [0.4, 0.5) is 10.2 Å². The lowest BCUT2D eigenvalue weighted by Crippen LogP contribution is -2.44. The van der Waals surface area contributed by atoms with Crippen LogP contribution in [0.3, 0.4) is 0 Å². The van der Waals surface area contributed by atoms with Gasteiger partial charge in [-0.15, -0.1) is 0 Å². The molecule has 0 radical (unpaired) electrons. The molecular weight excluding hydrogens is 499 g/mol. The number of hydrogen-bond acceptors (Lipinski definition) is 6. The number of aliphatic carboxylic acids is 1. The van der Waals surface area contributed by atoms with E-state index in [-0.39, 0.29) is 23.6 Å². The minimum atomic E-state index is -1.04. The molecule has 2 aromatic rings. The van der Waals surface area contributed by atoms with Crippen LogP contribution >= 0.6 is 0 Å². The van der Waals surface area contributed by atoms with E-state index in [1.165, 1.54) is 17.7 Å². The Hall–Kier alpha value is -3.04. The van der Waals surface area contributed by atoms with Gasteiger partial charge in [0.1, 0.15) is 17.7 Å². The fourth-order valence-electron chi connectivity index (χ4n) is 5.27. The summed E-state index contributed by atoms with van der Waals surface area (Å²) in [5.41, 5.74) is 3.47. The number of anilines is 1. The fourth-order valence-corrected chi connectivity index (χ4v) is 5.27. The number of rotatable bonds is 16. The van der Waals surface area contributed by atoms with Crippen molar-refractivity contribution in [2.24, 2.45) is 5.41 Å². The summed E-state index contributed by atoms with van der Waals surface area (Å²) in [6.07, 6.45) is 7.41. The molecule has 1 saturated carbocycles. The van der Waals surface area contributed by atoms with Gasteiger partial charge in [0.15, 0.2) is 0 Å². The number of hydrogen-bond donors (Lipinski definition) is 3. The number of halogens is 1. The van der Waals surface area contributed by atoms with Crippen molar-refractivity contribution < 1.29 is 23.8 Å². The summed E-state index contributed by atoms with van der Waals surface area (Å²) in [5.74, 6) is -0.650. The molecule has 8 nitrogen and oxygen atoms in total. The molecule has 3 N–H and O–H groups in total. The average Bonchev–Trinajstić information content (AvgIpc) is 3.71. The van der Waals surface area contributed by atoms with E-state index in [9.17, 15) is 19.1 Å². The van der Waals surface area contributed by atoms with Crippen LogP contribution in [0.2, 0.25) is 0 Å². The van der Waals surface area contributed by atoms with E-state index < -0.39 is 12.0 Å². The summed E-state index contributed by atoms with van der Waals surface area (Å²) in [5, 5.41) is 15.8. The molecule has 9 heteroatoms. The molecule has 1 aromatic carbocycles. The molecule has 0 bridgehead atoms. The summed E-state index contributed by atoms with van der Waals surface area (Å²) in [4.78, 5) is 31.5.